The minimum absolute atomic E-state index is 0.141. The molecule has 0 heterocycles. The maximum absolute atomic E-state index is 12.2. The van der Waals surface area contributed by atoms with Gasteiger partial charge in [0.05, 0.1) is 13.5 Å². The average molecular weight is 303 g/mol. The Labute approximate surface area is 130 Å². The average Bonchev–Trinajstić information content (AvgIpc) is 2.53. The zero-order chi connectivity index (χ0) is 15.9. The molecule has 0 bridgehead atoms. The standard InChI is InChI=1S/C17H21NO4/c1-22-17(21)16(13-8-5-9-14(19)11-13)18-15(20)10-12-6-3-2-4-7-12/h2-4,6-7,13,16H,5,8-11H2,1H3,(H,18,20)/t13-,16-/m1/s1. The van der Waals surface area contributed by atoms with E-state index in [4.69, 9.17) is 4.74 Å². The highest BCUT2D eigenvalue weighted by molar-refractivity contribution is 5.87. The van der Waals surface area contributed by atoms with Gasteiger partial charge in [-0.3, -0.25) is 9.59 Å². The largest absolute Gasteiger partial charge is 0.467 e. The normalized spacial score (nSPS) is 19.3. The van der Waals surface area contributed by atoms with Gasteiger partial charge in [-0.05, 0) is 24.3 Å². The van der Waals surface area contributed by atoms with Gasteiger partial charge < -0.3 is 10.1 Å². The van der Waals surface area contributed by atoms with Crippen LogP contribution in [0.4, 0.5) is 0 Å². The van der Waals surface area contributed by atoms with Crippen molar-refractivity contribution >= 4 is 17.7 Å². The van der Waals surface area contributed by atoms with E-state index < -0.39 is 12.0 Å². The van der Waals surface area contributed by atoms with E-state index in [9.17, 15) is 14.4 Å². The van der Waals surface area contributed by atoms with Gasteiger partial charge in [-0.15, -0.1) is 0 Å². The molecule has 1 N–H and O–H groups in total. The number of hydrogen-bond acceptors (Lipinski definition) is 4. The molecule has 1 fully saturated rings. The van der Waals surface area contributed by atoms with Gasteiger partial charge in [0.25, 0.3) is 0 Å². The third-order valence-electron chi connectivity index (χ3n) is 3.97. The third-order valence-corrected chi connectivity index (χ3v) is 3.97. The first-order valence-electron chi connectivity index (χ1n) is 7.53. The number of rotatable bonds is 5. The van der Waals surface area contributed by atoms with E-state index in [0.29, 0.717) is 12.8 Å². The molecule has 0 unspecified atom stereocenters. The monoisotopic (exact) mass is 303 g/mol. The van der Waals surface area contributed by atoms with E-state index in [-0.39, 0.29) is 24.0 Å². The number of esters is 1. The number of nitrogens with one attached hydrogen (secondary N) is 1. The summed E-state index contributed by atoms with van der Waals surface area (Å²) in [4.78, 5) is 35.7. The van der Waals surface area contributed by atoms with Crippen molar-refractivity contribution in [1.29, 1.82) is 0 Å². The van der Waals surface area contributed by atoms with Crippen LogP contribution in [0.25, 0.3) is 0 Å². The summed E-state index contributed by atoms with van der Waals surface area (Å²) in [6.45, 7) is 0. The fourth-order valence-electron chi connectivity index (χ4n) is 2.84. The maximum atomic E-state index is 12.2. The molecular formula is C17H21NO4. The molecule has 1 amide bonds. The van der Waals surface area contributed by atoms with E-state index in [1.807, 2.05) is 30.3 Å². The molecular weight excluding hydrogens is 282 g/mol. The molecule has 1 aromatic carbocycles. The topological polar surface area (TPSA) is 72.5 Å². The quantitative estimate of drug-likeness (QED) is 0.839. The van der Waals surface area contributed by atoms with Crippen molar-refractivity contribution < 1.29 is 19.1 Å². The minimum Gasteiger partial charge on any atom is -0.467 e. The molecule has 0 spiro atoms. The summed E-state index contributed by atoms with van der Waals surface area (Å²) in [5.41, 5.74) is 0.878. The van der Waals surface area contributed by atoms with Crippen LogP contribution in [-0.2, 0) is 25.5 Å². The fourth-order valence-corrected chi connectivity index (χ4v) is 2.84. The number of carbonyl (C=O) groups is 3. The van der Waals surface area contributed by atoms with Crippen LogP contribution in [0.5, 0.6) is 0 Å². The second-order valence-electron chi connectivity index (χ2n) is 5.63. The smallest absolute Gasteiger partial charge is 0.328 e. The Morgan fingerprint density at radius 2 is 2.05 bits per heavy atom. The van der Waals surface area contributed by atoms with E-state index in [2.05, 4.69) is 5.32 Å². The van der Waals surface area contributed by atoms with Crippen LogP contribution in [-0.4, -0.2) is 30.8 Å². The van der Waals surface area contributed by atoms with Crippen LogP contribution in [0.2, 0.25) is 0 Å². The molecule has 1 aromatic rings. The summed E-state index contributed by atoms with van der Waals surface area (Å²) >= 11 is 0. The highest BCUT2D eigenvalue weighted by Crippen LogP contribution is 2.25. The molecule has 0 saturated heterocycles. The maximum Gasteiger partial charge on any atom is 0.328 e. The highest BCUT2D eigenvalue weighted by Gasteiger charge is 2.34. The number of ketones is 1. The summed E-state index contributed by atoms with van der Waals surface area (Å²) in [5.74, 6) is -0.753. The van der Waals surface area contributed by atoms with Gasteiger partial charge in [0, 0.05) is 12.8 Å². The van der Waals surface area contributed by atoms with Crippen LogP contribution < -0.4 is 5.32 Å². The van der Waals surface area contributed by atoms with Crippen molar-refractivity contribution in [2.24, 2.45) is 5.92 Å². The van der Waals surface area contributed by atoms with Gasteiger partial charge in [0.1, 0.15) is 11.8 Å². The summed E-state index contributed by atoms with van der Waals surface area (Å²) in [6, 6.07) is 8.57. The molecule has 1 aliphatic rings. The molecule has 0 aromatic heterocycles. The molecule has 22 heavy (non-hydrogen) atoms. The van der Waals surface area contributed by atoms with Crippen LogP contribution in [0, 0.1) is 5.92 Å². The highest BCUT2D eigenvalue weighted by atomic mass is 16.5. The number of benzene rings is 1. The van der Waals surface area contributed by atoms with Gasteiger partial charge in [-0.1, -0.05) is 30.3 Å². The number of hydrogen-bond donors (Lipinski definition) is 1. The molecule has 2 rings (SSSR count). The predicted molar refractivity (Wildman–Crippen MR) is 81.1 cm³/mol. The molecule has 5 heteroatoms. The summed E-state index contributed by atoms with van der Waals surface area (Å²) in [6.07, 6.45) is 2.59. The Hall–Kier alpha value is -2.17. The van der Waals surface area contributed by atoms with Crippen molar-refractivity contribution in [3.8, 4) is 0 Å². The first-order chi connectivity index (χ1) is 10.6. The first kappa shape index (κ1) is 16.2. The Kier molecular flexibility index (Phi) is 5.69. The zero-order valence-electron chi connectivity index (χ0n) is 12.7. The number of ether oxygens (including phenoxy) is 1. The lowest BCUT2D eigenvalue weighted by Gasteiger charge is -2.28. The summed E-state index contributed by atoms with van der Waals surface area (Å²) in [7, 11) is 1.29. The van der Waals surface area contributed by atoms with Crippen molar-refractivity contribution in [3.05, 3.63) is 35.9 Å². The van der Waals surface area contributed by atoms with Crippen molar-refractivity contribution in [3.63, 3.8) is 0 Å². The van der Waals surface area contributed by atoms with Crippen molar-refractivity contribution in [1.82, 2.24) is 5.32 Å². The van der Waals surface area contributed by atoms with E-state index in [1.165, 1.54) is 7.11 Å². The van der Waals surface area contributed by atoms with E-state index in [0.717, 1.165) is 18.4 Å². The summed E-state index contributed by atoms with van der Waals surface area (Å²) < 4.78 is 4.79. The first-order valence-corrected chi connectivity index (χ1v) is 7.53. The molecule has 0 aliphatic heterocycles. The van der Waals surface area contributed by atoms with Gasteiger partial charge in [-0.25, -0.2) is 4.79 Å². The third kappa shape index (κ3) is 4.41. The number of carbonyl (C=O) groups excluding carboxylic acids is 3. The molecule has 2 atom stereocenters. The van der Waals surface area contributed by atoms with Gasteiger partial charge in [-0.2, -0.15) is 0 Å². The van der Waals surface area contributed by atoms with Crippen LogP contribution in [0.15, 0.2) is 30.3 Å². The molecule has 1 saturated carbocycles. The number of Topliss-reactive ketones (excluding diaryl/α,β-unsaturated/α-hetero) is 1. The van der Waals surface area contributed by atoms with Gasteiger partial charge in [0.2, 0.25) is 5.91 Å². The molecule has 5 nitrogen and oxygen atoms in total. The molecule has 1 aliphatic carbocycles. The Balaban J connectivity index is 2.01. The van der Waals surface area contributed by atoms with Crippen molar-refractivity contribution in [2.75, 3.05) is 7.11 Å². The Morgan fingerprint density at radius 3 is 2.68 bits per heavy atom. The zero-order valence-corrected chi connectivity index (χ0v) is 12.7. The van der Waals surface area contributed by atoms with Crippen LogP contribution >= 0.6 is 0 Å². The number of methoxy groups -OCH3 is 1. The molecule has 118 valence electrons. The second-order valence-corrected chi connectivity index (χ2v) is 5.63. The lowest BCUT2D eigenvalue weighted by molar-refractivity contribution is -0.147. The van der Waals surface area contributed by atoms with Gasteiger partial charge in [0.15, 0.2) is 0 Å². The summed E-state index contributed by atoms with van der Waals surface area (Å²) in [5, 5.41) is 2.74. The Bertz CT molecular complexity index is 541. The fraction of sp³-hybridized carbons (Fsp3) is 0.471. The second kappa shape index (κ2) is 7.73. The molecule has 0 radical (unpaired) electrons. The lowest BCUT2D eigenvalue weighted by atomic mass is 9.83. The van der Waals surface area contributed by atoms with E-state index in [1.54, 1.807) is 0 Å². The Morgan fingerprint density at radius 1 is 1.32 bits per heavy atom. The van der Waals surface area contributed by atoms with Crippen LogP contribution in [0.3, 0.4) is 0 Å². The lowest BCUT2D eigenvalue weighted by Crippen LogP contribution is -2.48. The van der Waals surface area contributed by atoms with Crippen LogP contribution in [0.1, 0.15) is 31.2 Å². The van der Waals surface area contributed by atoms with E-state index >= 15 is 0 Å². The van der Waals surface area contributed by atoms with Gasteiger partial charge >= 0.3 is 5.97 Å². The number of amides is 1. The SMILES string of the molecule is COC(=O)[C@H](NC(=O)Cc1ccccc1)[C@@H]1CCCC(=O)C1. The minimum atomic E-state index is -0.745. The predicted octanol–water partition coefficient (Wildman–Crippen LogP) is 1.65. The van der Waals surface area contributed by atoms with Crippen molar-refractivity contribution in [2.45, 2.75) is 38.1 Å².